The smallest absolute Gasteiger partial charge is 0.387 e. The summed E-state index contributed by atoms with van der Waals surface area (Å²) in [6.45, 7) is -2.44. The number of halogens is 3. The number of phenolic OH excluding ortho intramolecular Hbond substituents is 1. The van der Waals surface area contributed by atoms with Gasteiger partial charge in [0.2, 0.25) is 0 Å². The monoisotopic (exact) mass is 343 g/mol. The third-order valence-electron chi connectivity index (χ3n) is 2.60. The molecule has 0 aliphatic heterocycles. The van der Waals surface area contributed by atoms with Crippen LogP contribution in [0.1, 0.15) is 5.56 Å². The van der Waals surface area contributed by atoms with E-state index in [2.05, 4.69) is 26.0 Å². The highest BCUT2D eigenvalue weighted by Crippen LogP contribution is 2.27. The van der Waals surface area contributed by atoms with E-state index in [4.69, 9.17) is 0 Å². The fourth-order valence-electron chi connectivity index (χ4n) is 1.67. The molecule has 2 N–H and O–H groups in total. The first kappa shape index (κ1) is 14.6. The van der Waals surface area contributed by atoms with Crippen LogP contribution in [0.5, 0.6) is 11.5 Å². The van der Waals surface area contributed by atoms with Crippen molar-refractivity contribution in [3.05, 3.63) is 52.5 Å². The highest BCUT2D eigenvalue weighted by Gasteiger charge is 2.09. The van der Waals surface area contributed by atoms with E-state index in [1.54, 1.807) is 36.4 Å². The Labute approximate surface area is 123 Å². The molecule has 2 aromatic carbocycles. The predicted molar refractivity (Wildman–Crippen MR) is 76.2 cm³/mol. The number of ether oxygens (including phenoxy) is 1. The zero-order valence-corrected chi connectivity index (χ0v) is 11.9. The summed E-state index contributed by atoms with van der Waals surface area (Å²) in [6, 6.07) is 11.5. The van der Waals surface area contributed by atoms with Crippen molar-refractivity contribution in [2.24, 2.45) is 0 Å². The Morgan fingerprint density at radius 3 is 2.65 bits per heavy atom. The predicted octanol–water partition coefficient (Wildman–Crippen LogP) is 4.37. The number of hydrogen-bond acceptors (Lipinski definition) is 3. The first-order valence-electron chi connectivity index (χ1n) is 5.81. The molecule has 0 saturated carbocycles. The molecule has 0 aromatic heterocycles. The van der Waals surface area contributed by atoms with Gasteiger partial charge < -0.3 is 15.2 Å². The van der Waals surface area contributed by atoms with Gasteiger partial charge in [-0.25, -0.2) is 0 Å². The van der Waals surface area contributed by atoms with Gasteiger partial charge in [-0.3, -0.25) is 0 Å². The van der Waals surface area contributed by atoms with Crippen LogP contribution in [-0.4, -0.2) is 11.7 Å². The second kappa shape index (κ2) is 6.56. The largest absolute Gasteiger partial charge is 0.507 e. The Balaban J connectivity index is 2.08. The lowest BCUT2D eigenvalue weighted by Gasteiger charge is -2.12. The van der Waals surface area contributed by atoms with Crippen molar-refractivity contribution in [2.45, 2.75) is 13.2 Å². The quantitative estimate of drug-likeness (QED) is 0.846. The second-order valence-corrected chi connectivity index (χ2v) is 4.87. The van der Waals surface area contributed by atoms with E-state index >= 15 is 0 Å². The van der Waals surface area contributed by atoms with Gasteiger partial charge >= 0.3 is 6.61 Å². The van der Waals surface area contributed by atoms with E-state index in [1.165, 1.54) is 6.07 Å². The topological polar surface area (TPSA) is 41.5 Å². The average Bonchev–Trinajstić information content (AvgIpc) is 2.41. The van der Waals surface area contributed by atoms with E-state index in [0.29, 0.717) is 16.7 Å². The molecule has 0 saturated heterocycles. The van der Waals surface area contributed by atoms with E-state index in [-0.39, 0.29) is 11.5 Å². The molecule has 0 aliphatic rings. The molecule has 2 rings (SSSR count). The number of rotatable bonds is 5. The molecule has 0 bridgehead atoms. The molecule has 0 aliphatic carbocycles. The fraction of sp³-hybridized carbons (Fsp3) is 0.143. The van der Waals surface area contributed by atoms with Crippen molar-refractivity contribution in [2.75, 3.05) is 5.32 Å². The van der Waals surface area contributed by atoms with Gasteiger partial charge in [-0.2, -0.15) is 8.78 Å². The summed E-state index contributed by atoms with van der Waals surface area (Å²) < 4.78 is 29.6. The van der Waals surface area contributed by atoms with Crippen LogP contribution in [0.25, 0.3) is 0 Å². The highest BCUT2D eigenvalue weighted by atomic mass is 79.9. The Hall–Kier alpha value is -1.82. The summed E-state index contributed by atoms with van der Waals surface area (Å²) in [6.07, 6.45) is 0. The van der Waals surface area contributed by atoms with Crippen LogP contribution in [0.3, 0.4) is 0 Å². The van der Waals surface area contributed by atoms with Crippen LogP contribution in [0, 0.1) is 0 Å². The van der Waals surface area contributed by atoms with Crippen LogP contribution < -0.4 is 10.1 Å². The SMILES string of the molecule is Oc1ccc(CNc2ccccc2OC(F)F)cc1Br. The molecular formula is C14H12BrF2NO2. The molecule has 0 unspecified atom stereocenters. The second-order valence-electron chi connectivity index (χ2n) is 4.01. The minimum atomic E-state index is -2.86. The normalized spacial score (nSPS) is 10.6. The standard InChI is InChI=1S/C14H12BrF2NO2/c15-10-7-9(5-6-12(10)19)8-18-11-3-1-2-4-13(11)20-14(16)17/h1-7,14,18-19H,8H2. The summed E-state index contributed by atoms with van der Waals surface area (Å²) in [5.74, 6) is 0.246. The number of benzene rings is 2. The van der Waals surface area contributed by atoms with Gasteiger partial charge in [0.1, 0.15) is 11.5 Å². The molecule has 106 valence electrons. The third kappa shape index (κ3) is 3.84. The number of alkyl halides is 2. The molecule has 0 radical (unpaired) electrons. The molecule has 20 heavy (non-hydrogen) atoms. The van der Waals surface area contributed by atoms with E-state index in [9.17, 15) is 13.9 Å². The van der Waals surface area contributed by atoms with Gasteiger partial charge in [0.05, 0.1) is 10.2 Å². The van der Waals surface area contributed by atoms with Crippen molar-refractivity contribution in [3.63, 3.8) is 0 Å². The summed E-state index contributed by atoms with van der Waals surface area (Å²) in [5, 5.41) is 12.4. The number of anilines is 1. The van der Waals surface area contributed by atoms with Gasteiger partial charge in [-0.1, -0.05) is 18.2 Å². The van der Waals surface area contributed by atoms with Crippen LogP contribution in [0.4, 0.5) is 14.5 Å². The maximum Gasteiger partial charge on any atom is 0.387 e. The Bertz CT molecular complexity index is 593. The first-order valence-corrected chi connectivity index (χ1v) is 6.60. The minimum Gasteiger partial charge on any atom is -0.507 e. The molecule has 0 fully saturated rings. The fourth-order valence-corrected chi connectivity index (χ4v) is 2.10. The lowest BCUT2D eigenvalue weighted by molar-refractivity contribution is -0.0493. The summed E-state index contributed by atoms with van der Waals surface area (Å²) >= 11 is 3.22. The van der Waals surface area contributed by atoms with Crippen molar-refractivity contribution in [3.8, 4) is 11.5 Å². The number of phenols is 1. The summed E-state index contributed by atoms with van der Waals surface area (Å²) in [4.78, 5) is 0. The Kier molecular flexibility index (Phi) is 4.79. The Morgan fingerprint density at radius 1 is 1.20 bits per heavy atom. The number of aromatic hydroxyl groups is 1. The number of nitrogens with one attached hydrogen (secondary N) is 1. The molecule has 0 heterocycles. The van der Waals surface area contributed by atoms with Crippen molar-refractivity contribution < 1.29 is 18.6 Å². The molecule has 2 aromatic rings. The van der Waals surface area contributed by atoms with Crippen LogP contribution >= 0.6 is 15.9 Å². The minimum absolute atomic E-state index is 0.0975. The molecule has 0 atom stereocenters. The van der Waals surface area contributed by atoms with Gasteiger partial charge in [0.15, 0.2) is 0 Å². The maximum atomic E-state index is 12.3. The van der Waals surface area contributed by atoms with Crippen molar-refractivity contribution >= 4 is 21.6 Å². The Morgan fingerprint density at radius 2 is 1.95 bits per heavy atom. The molecule has 0 amide bonds. The molecule has 3 nitrogen and oxygen atoms in total. The van der Waals surface area contributed by atoms with Crippen molar-refractivity contribution in [1.29, 1.82) is 0 Å². The van der Waals surface area contributed by atoms with E-state index in [0.717, 1.165) is 5.56 Å². The molecule has 6 heteroatoms. The maximum absolute atomic E-state index is 12.3. The van der Waals surface area contributed by atoms with Crippen LogP contribution in [0.15, 0.2) is 46.9 Å². The van der Waals surface area contributed by atoms with E-state index in [1.807, 2.05) is 0 Å². The van der Waals surface area contributed by atoms with Gasteiger partial charge in [0.25, 0.3) is 0 Å². The molecule has 0 spiro atoms. The number of para-hydroxylation sites is 2. The van der Waals surface area contributed by atoms with Gasteiger partial charge in [0, 0.05) is 6.54 Å². The first-order chi connectivity index (χ1) is 9.56. The lowest BCUT2D eigenvalue weighted by atomic mass is 10.2. The van der Waals surface area contributed by atoms with Gasteiger partial charge in [-0.15, -0.1) is 0 Å². The lowest BCUT2D eigenvalue weighted by Crippen LogP contribution is -2.06. The third-order valence-corrected chi connectivity index (χ3v) is 3.23. The molecular weight excluding hydrogens is 332 g/mol. The zero-order chi connectivity index (χ0) is 14.5. The zero-order valence-electron chi connectivity index (χ0n) is 10.3. The van der Waals surface area contributed by atoms with Crippen molar-refractivity contribution in [1.82, 2.24) is 0 Å². The average molecular weight is 344 g/mol. The number of hydrogen-bond donors (Lipinski definition) is 2. The summed E-state index contributed by atoms with van der Waals surface area (Å²) in [7, 11) is 0. The summed E-state index contributed by atoms with van der Waals surface area (Å²) in [5.41, 5.74) is 1.37. The highest BCUT2D eigenvalue weighted by molar-refractivity contribution is 9.10. The van der Waals surface area contributed by atoms with Crippen LogP contribution in [-0.2, 0) is 6.54 Å². The van der Waals surface area contributed by atoms with Gasteiger partial charge in [-0.05, 0) is 45.8 Å². The van der Waals surface area contributed by atoms with E-state index < -0.39 is 6.61 Å². The van der Waals surface area contributed by atoms with Crippen LogP contribution in [0.2, 0.25) is 0 Å².